The molecule has 1 aromatic carbocycles. The van der Waals surface area contributed by atoms with Gasteiger partial charge in [-0.15, -0.1) is 0 Å². The van der Waals surface area contributed by atoms with Crippen molar-refractivity contribution in [3.63, 3.8) is 0 Å². The molecule has 1 N–H and O–H groups in total. The number of amides is 2. The number of hydrogen-bond donors (Lipinski definition) is 1. The van der Waals surface area contributed by atoms with E-state index in [0.717, 1.165) is 12.1 Å². The maximum Gasteiger partial charge on any atom is 0.416 e. The number of nitrogens with zero attached hydrogens (tertiary/aromatic N) is 1. The minimum Gasteiger partial charge on any atom is -0.334 e. The third kappa shape index (κ3) is 4.46. The van der Waals surface area contributed by atoms with Gasteiger partial charge in [-0.2, -0.15) is 13.2 Å². The Labute approximate surface area is 110 Å². The molecule has 0 spiro atoms. The van der Waals surface area contributed by atoms with Gasteiger partial charge >= 0.3 is 12.2 Å². The van der Waals surface area contributed by atoms with E-state index in [1.807, 2.05) is 13.8 Å². The van der Waals surface area contributed by atoms with E-state index in [1.165, 1.54) is 6.07 Å². The van der Waals surface area contributed by atoms with Crippen LogP contribution in [0.5, 0.6) is 0 Å². The fraction of sp³-hybridized carbons (Fsp3) is 0.462. The summed E-state index contributed by atoms with van der Waals surface area (Å²) < 4.78 is 37.5. The summed E-state index contributed by atoms with van der Waals surface area (Å²) in [6.45, 7) is 4.88. The summed E-state index contributed by atoms with van der Waals surface area (Å²) >= 11 is 0. The molecule has 1 aromatic rings. The number of halogens is 3. The standard InChI is InChI=1S/C13H17F3N2O/c1-3-18(4-2)12(19)17-9-10-6-5-7-11(8-10)13(14,15)16/h5-8H,3-4,9H2,1-2H3,(H,17,19). The molecule has 0 unspecified atom stereocenters. The zero-order valence-electron chi connectivity index (χ0n) is 10.9. The van der Waals surface area contributed by atoms with Gasteiger partial charge in [0.15, 0.2) is 0 Å². The summed E-state index contributed by atoms with van der Waals surface area (Å²) in [5.41, 5.74) is -0.280. The van der Waals surface area contributed by atoms with E-state index < -0.39 is 11.7 Å². The zero-order chi connectivity index (χ0) is 14.5. The van der Waals surface area contributed by atoms with E-state index in [-0.39, 0.29) is 12.6 Å². The van der Waals surface area contributed by atoms with Crippen molar-refractivity contribution in [2.45, 2.75) is 26.6 Å². The van der Waals surface area contributed by atoms with E-state index in [9.17, 15) is 18.0 Å². The summed E-state index contributed by atoms with van der Waals surface area (Å²) in [5.74, 6) is 0. The van der Waals surface area contributed by atoms with Gasteiger partial charge in [0.1, 0.15) is 0 Å². The number of urea groups is 1. The molecule has 1 rings (SSSR count). The normalized spacial score (nSPS) is 11.2. The van der Waals surface area contributed by atoms with Crippen molar-refractivity contribution in [1.29, 1.82) is 0 Å². The van der Waals surface area contributed by atoms with Gasteiger partial charge in [0, 0.05) is 19.6 Å². The Bertz CT molecular complexity index is 428. The fourth-order valence-electron chi connectivity index (χ4n) is 1.66. The van der Waals surface area contributed by atoms with Crippen LogP contribution >= 0.6 is 0 Å². The van der Waals surface area contributed by atoms with Crippen molar-refractivity contribution in [3.8, 4) is 0 Å². The first-order chi connectivity index (χ1) is 8.88. The smallest absolute Gasteiger partial charge is 0.334 e. The van der Waals surface area contributed by atoms with Crippen LogP contribution in [0.2, 0.25) is 0 Å². The molecule has 106 valence electrons. The summed E-state index contributed by atoms with van der Waals surface area (Å²) in [7, 11) is 0. The molecule has 0 saturated carbocycles. The van der Waals surface area contributed by atoms with Crippen molar-refractivity contribution < 1.29 is 18.0 Å². The molecule has 0 heterocycles. The topological polar surface area (TPSA) is 32.3 Å². The van der Waals surface area contributed by atoms with Crippen molar-refractivity contribution in [3.05, 3.63) is 35.4 Å². The third-order valence-electron chi connectivity index (χ3n) is 2.75. The van der Waals surface area contributed by atoms with Gasteiger partial charge in [0.05, 0.1) is 5.56 Å². The maximum absolute atomic E-state index is 12.5. The SMILES string of the molecule is CCN(CC)C(=O)NCc1cccc(C(F)(F)F)c1. The number of rotatable bonds is 4. The lowest BCUT2D eigenvalue weighted by Gasteiger charge is -2.19. The van der Waals surface area contributed by atoms with E-state index in [2.05, 4.69) is 5.32 Å². The summed E-state index contributed by atoms with van der Waals surface area (Å²) in [5, 5.41) is 2.60. The highest BCUT2D eigenvalue weighted by Gasteiger charge is 2.30. The average Bonchev–Trinajstić information content (AvgIpc) is 2.37. The summed E-state index contributed by atoms with van der Waals surface area (Å²) in [6.07, 6.45) is -4.36. The third-order valence-corrected chi connectivity index (χ3v) is 2.75. The van der Waals surface area contributed by atoms with Crippen molar-refractivity contribution in [1.82, 2.24) is 10.2 Å². The molecule has 2 amide bonds. The molecule has 0 aliphatic rings. The molecule has 0 aliphatic carbocycles. The van der Waals surface area contributed by atoms with Gasteiger partial charge in [0.25, 0.3) is 0 Å². The molecule has 0 aliphatic heterocycles. The molecule has 0 fully saturated rings. The van der Waals surface area contributed by atoms with Gasteiger partial charge in [0.2, 0.25) is 0 Å². The molecular weight excluding hydrogens is 257 g/mol. The van der Waals surface area contributed by atoms with Crippen LogP contribution in [0, 0.1) is 0 Å². The average molecular weight is 274 g/mol. The van der Waals surface area contributed by atoms with Gasteiger partial charge in [-0.05, 0) is 31.5 Å². The van der Waals surface area contributed by atoms with E-state index in [0.29, 0.717) is 18.7 Å². The van der Waals surface area contributed by atoms with E-state index in [1.54, 1.807) is 11.0 Å². The minimum atomic E-state index is -4.36. The lowest BCUT2D eigenvalue weighted by Crippen LogP contribution is -2.39. The van der Waals surface area contributed by atoms with Crippen LogP contribution in [0.1, 0.15) is 25.0 Å². The van der Waals surface area contributed by atoms with Crippen molar-refractivity contribution in [2.24, 2.45) is 0 Å². The fourth-order valence-corrected chi connectivity index (χ4v) is 1.66. The first-order valence-electron chi connectivity index (χ1n) is 6.07. The Morgan fingerprint density at radius 3 is 2.42 bits per heavy atom. The van der Waals surface area contributed by atoms with Crippen molar-refractivity contribution in [2.75, 3.05) is 13.1 Å². The van der Waals surface area contributed by atoms with Crippen LogP contribution in [0.25, 0.3) is 0 Å². The van der Waals surface area contributed by atoms with Crippen LogP contribution in [0.15, 0.2) is 24.3 Å². The van der Waals surface area contributed by atoms with Crippen LogP contribution in [0.3, 0.4) is 0 Å². The lowest BCUT2D eigenvalue weighted by atomic mass is 10.1. The predicted octanol–water partition coefficient (Wildman–Crippen LogP) is 3.26. The Balaban J connectivity index is 2.66. The highest BCUT2D eigenvalue weighted by molar-refractivity contribution is 5.74. The Morgan fingerprint density at radius 1 is 1.26 bits per heavy atom. The van der Waals surface area contributed by atoms with Crippen LogP contribution in [-0.2, 0) is 12.7 Å². The second kappa shape index (κ2) is 6.45. The monoisotopic (exact) mass is 274 g/mol. The van der Waals surface area contributed by atoms with Gasteiger partial charge in [-0.25, -0.2) is 4.79 Å². The lowest BCUT2D eigenvalue weighted by molar-refractivity contribution is -0.137. The first-order valence-corrected chi connectivity index (χ1v) is 6.07. The minimum absolute atomic E-state index is 0.0826. The van der Waals surface area contributed by atoms with Gasteiger partial charge in [-0.1, -0.05) is 12.1 Å². The maximum atomic E-state index is 12.5. The molecule has 6 heteroatoms. The Kier molecular flexibility index (Phi) is 5.20. The largest absolute Gasteiger partial charge is 0.416 e. The van der Waals surface area contributed by atoms with Crippen LogP contribution in [-0.4, -0.2) is 24.0 Å². The quantitative estimate of drug-likeness (QED) is 0.898. The molecule has 3 nitrogen and oxygen atoms in total. The summed E-state index contributed by atoms with van der Waals surface area (Å²) in [6, 6.07) is 4.67. The molecule has 0 atom stereocenters. The van der Waals surface area contributed by atoms with E-state index in [4.69, 9.17) is 0 Å². The highest BCUT2D eigenvalue weighted by atomic mass is 19.4. The second-order valence-corrected chi connectivity index (χ2v) is 4.03. The number of benzene rings is 1. The molecule has 0 aromatic heterocycles. The Hall–Kier alpha value is -1.72. The molecule has 0 radical (unpaired) electrons. The van der Waals surface area contributed by atoms with E-state index >= 15 is 0 Å². The number of nitrogens with one attached hydrogen (secondary N) is 1. The zero-order valence-corrected chi connectivity index (χ0v) is 10.9. The van der Waals surface area contributed by atoms with Crippen LogP contribution in [0.4, 0.5) is 18.0 Å². The van der Waals surface area contributed by atoms with Gasteiger partial charge < -0.3 is 10.2 Å². The predicted molar refractivity (Wildman–Crippen MR) is 66.6 cm³/mol. The Morgan fingerprint density at radius 2 is 1.89 bits per heavy atom. The number of alkyl halides is 3. The number of hydrogen-bond acceptors (Lipinski definition) is 1. The second-order valence-electron chi connectivity index (χ2n) is 4.03. The molecular formula is C13H17F3N2O. The number of carbonyl (C=O) groups excluding carboxylic acids is 1. The van der Waals surface area contributed by atoms with Gasteiger partial charge in [-0.3, -0.25) is 0 Å². The highest BCUT2D eigenvalue weighted by Crippen LogP contribution is 2.29. The first kappa shape index (κ1) is 15.3. The van der Waals surface area contributed by atoms with Crippen molar-refractivity contribution >= 4 is 6.03 Å². The molecule has 19 heavy (non-hydrogen) atoms. The summed E-state index contributed by atoms with van der Waals surface area (Å²) in [4.78, 5) is 13.2. The number of carbonyl (C=O) groups is 1. The molecule has 0 bridgehead atoms. The molecule has 0 saturated heterocycles. The van der Waals surface area contributed by atoms with Crippen LogP contribution < -0.4 is 5.32 Å².